The Balaban J connectivity index is 1.00. The minimum atomic E-state index is 1.19. The number of rotatable bonds is 7. The standard InChI is InChI=1S/C64H42/c1-3-21-43(22-4-1)61-53-33-11-15-37-57(53)63(58-38-16-12-34-54(58)61)47-27-19-25-45(41-47)49-29-7-9-31-51(49)52-32-10-8-30-50(52)46-26-20-28-48(42-46)64-59-39-17-13-35-55(59)62(44-23-5-2-6-24-44)56-36-14-18-40-60(56)64/h1-42H. The van der Waals surface area contributed by atoms with E-state index in [-0.39, 0.29) is 0 Å². The molecule has 0 aliphatic rings. The Morgan fingerprint density at radius 1 is 0.141 bits per heavy atom. The fraction of sp³-hybridized carbons (Fsp3) is 0. The lowest BCUT2D eigenvalue weighted by atomic mass is 9.84. The van der Waals surface area contributed by atoms with E-state index >= 15 is 0 Å². The van der Waals surface area contributed by atoms with E-state index in [0.717, 1.165) is 0 Å². The Labute approximate surface area is 374 Å². The zero-order chi connectivity index (χ0) is 42.4. The molecular formula is C64H42. The first-order valence-corrected chi connectivity index (χ1v) is 22.2. The average Bonchev–Trinajstić information content (AvgIpc) is 3.37. The van der Waals surface area contributed by atoms with E-state index in [2.05, 4.69) is 255 Å². The first kappa shape index (κ1) is 37.4. The van der Waals surface area contributed by atoms with Crippen LogP contribution in [0.15, 0.2) is 255 Å². The molecule has 298 valence electrons. The summed E-state index contributed by atoms with van der Waals surface area (Å²) in [6, 6.07) is 93.4. The van der Waals surface area contributed by atoms with Gasteiger partial charge in [0.15, 0.2) is 0 Å². The highest BCUT2D eigenvalue weighted by Gasteiger charge is 2.20. The third kappa shape index (κ3) is 6.31. The summed E-state index contributed by atoms with van der Waals surface area (Å²) in [6.07, 6.45) is 0. The summed E-state index contributed by atoms with van der Waals surface area (Å²) in [7, 11) is 0. The van der Waals surface area contributed by atoms with Crippen LogP contribution in [0.5, 0.6) is 0 Å². The number of benzene rings is 12. The van der Waals surface area contributed by atoms with E-state index in [0.29, 0.717) is 0 Å². The molecule has 0 aliphatic carbocycles. The molecule has 0 bridgehead atoms. The Morgan fingerprint density at radius 2 is 0.359 bits per heavy atom. The van der Waals surface area contributed by atoms with Crippen LogP contribution in [0.2, 0.25) is 0 Å². The lowest BCUT2D eigenvalue weighted by molar-refractivity contribution is 1.56. The molecule has 12 aromatic rings. The zero-order valence-corrected chi connectivity index (χ0v) is 35.2. The van der Waals surface area contributed by atoms with Crippen LogP contribution in [0.3, 0.4) is 0 Å². The molecule has 0 spiro atoms. The number of hydrogen-bond donors (Lipinski definition) is 0. The quantitative estimate of drug-likeness (QED) is 0.141. The Kier molecular flexibility index (Phi) is 9.28. The topological polar surface area (TPSA) is 0 Å². The van der Waals surface area contributed by atoms with Gasteiger partial charge in [0.05, 0.1) is 0 Å². The van der Waals surface area contributed by atoms with Crippen LogP contribution in [-0.2, 0) is 0 Å². The van der Waals surface area contributed by atoms with Gasteiger partial charge >= 0.3 is 0 Å². The smallest absolute Gasteiger partial charge is 0.00262 e. The minimum absolute atomic E-state index is 1.19. The maximum Gasteiger partial charge on any atom is -0.00262 e. The lowest BCUT2D eigenvalue weighted by Crippen LogP contribution is -1.92. The second-order valence-electron chi connectivity index (χ2n) is 16.7. The van der Waals surface area contributed by atoms with Crippen molar-refractivity contribution in [2.24, 2.45) is 0 Å². The van der Waals surface area contributed by atoms with Gasteiger partial charge in [-0.05, 0) is 133 Å². The van der Waals surface area contributed by atoms with Gasteiger partial charge in [-0.2, -0.15) is 0 Å². The molecule has 64 heavy (non-hydrogen) atoms. The molecule has 12 rings (SSSR count). The van der Waals surface area contributed by atoms with Gasteiger partial charge in [-0.1, -0.05) is 243 Å². The monoisotopic (exact) mass is 810 g/mol. The Morgan fingerprint density at radius 3 is 0.672 bits per heavy atom. The van der Waals surface area contributed by atoms with E-state index < -0.39 is 0 Å². The SMILES string of the molecule is c1ccc(-c2c3ccccc3c(-c3cccc(-c4ccccc4-c4ccccc4-c4cccc(-c5c6ccccc6c(-c6ccccc6)c6ccccc56)c4)c3)c3ccccc23)cc1. The lowest BCUT2D eigenvalue weighted by Gasteiger charge is -2.19. The molecule has 0 aromatic heterocycles. The summed E-state index contributed by atoms with van der Waals surface area (Å²) in [5.41, 5.74) is 17.2. The third-order valence-corrected chi connectivity index (χ3v) is 13.1. The van der Waals surface area contributed by atoms with E-state index in [4.69, 9.17) is 0 Å². The van der Waals surface area contributed by atoms with Crippen molar-refractivity contribution in [3.8, 4) is 77.9 Å². The second kappa shape index (κ2) is 15.9. The van der Waals surface area contributed by atoms with Crippen LogP contribution in [0, 0.1) is 0 Å². The predicted octanol–water partition coefficient (Wildman–Crippen LogP) is 18.0. The van der Waals surface area contributed by atoms with Crippen molar-refractivity contribution in [1.82, 2.24) is 0 Å². The highest BCUT2D eigenvalue weighted by atomic mass is 14.2. The van der Waals surface area contributed by atoms with Gasteiger partial charge in [0.25, 0.3) is 0 Å². The van der Waals surface area contributed by atoms with E-state index in [9.17, 15) is 0 Å². The summed E-state index contributed by atoms with van der Waals surface area (Å²) in [5, 5.41) is 10.1. The molecule has 0 radical (unpaired) electrons. The van der Waals surface area contributed by atoms with Gasteiger partial charge in [-0.25, -0.2) is 0 Å². The van der Waals surface area contributed by atoms with Gasteiger partial charge in [0, 0.05) is 0 Å². The molecule has 0 heteroatoms. The highest BCUT2D eigenvalue weighted by Crippen LogP contribution is 2.47. The summed E-state index contributed by atoms with van der Waals surface area (Å²) in [5.74, 6) is 0. The van der Waals surface area contributed by atoms with Crippen molar-refractivity contribution < 1.29 is 0 Å². The molecule has 0 atom stereocenters. The summed E-state index contributed by atoms with van der Waals surface area (Å²) in [4.78, 5) is 0. The summed E-state index contributed by atoms with van der Waals surface area (Å²) >= 11 is 0. The molecule has 0 nitrogen and oxygen atoms in total. The molecule has 0 N–H and O–H groups in total. The fourth-order valence-electron chi connectivity index (χ4n) is 10.3. The predicted molar refractivity (Wildman–Crippen MR) is 275 cm³/mol. The van der Waals surface area contributed by atoms with Crippen LogP contribution in [0.4, 0.5) is 0 Å². The Bertz CT molecular complexity index is 3350. The zero-order valence-electron chi connectivity index (χ0n) is 35.2. The largest absolute Gasteiger partial charge is 0.0622 e. The van der Waals surface area contributed by atoms with E-state index in [1.807, 2.05) is 0 Å². The maximum absolute atomic E-state index is 2.40. The van der Waals surface area contributed by atoms with E-state index in [1.165, 1.54) is 121 Å². The summed E-state index contributed by atoms with van der Waals surface area (Å²) < 4.78 is 0. The van der Waals surface area contributed by atoms with Crippen LogP contribution in [0.1, 0.15) is 0 Å². The van der Waals surface area contributed by atoms with Crippen molar-refractivity contribution in [3.05, 3.63) is 255 Å². The summed E-state index contributed by atoms with van der Waals surface area (Å²) in [6.45, 7) is 0. The van der Waals surface area contributed by atoms with Gasteiger partial charge in [0.2, 0.25) is 0 Å². The molecular weight excluding hydrogens is 769 g/mol. The van der Waals surface area contributed by atoms with Crippen molar-refractivity contribution in [2.45, 2.75) is 0 Å². The van der Waals surface area contributed by atoms with Gasteiger partial charge in [0.1, 0.15) is 0 Å². The van der Waals surface area contributed by atoms with Gasteiger partial charge in [-0.3, -0.25) is 0 Å². The highest BCUT2D eigenvalue weighted by molar-refractivity contribution is 6.23. The first-order chi connectivity index (χ1) is 31.8. The van der Waals surface area contributed by atoms with Crippen molar-refractivity contribution in [3.63, 3.8) is 0 Å². The van der Waals surface area contributed by atoms with Crippen LogP contribution >= 0.6 is 0 Å². The van der Waals surface area contributed by atoms with Crippen molar-refractivity contribution in [1.29, 1.82) is 0 Å². The third-order valence-electron chi connectivity index (χ3n) is 13.1. The fourth-order valence-corrected chi connectivity index (χ4v) is 10.3. The molecule has 0 saturated heterocycles. The maximum atomic E-state index is 2.40. The molecule has 0 amide bonds. The second-order valence-corrected chi connectivity index (χ2v) is 16.7. The van der Waals surface area contributed by atoms with Crippen LogP contribution in [-0.4, -0.2) is 0 Å². The number of fused-ring (bicyclic) bond motifs is 4. The molecule has 0 heterocycles. The normalized spacial score (nSPS) is 11.4. The molecule has 0 saturated carbocycles. The van der Waals surface area contributed by atoms with Gasteiger partial charge < -0.3 is 0 Å². The van der Waals surface area contributed by atoms with E-state index in [1.54, 1.807) is 0 Å². The molecule has 0 fully saturated rings. The van der Waals surface area contributed by atoms with Crippen molar-refractivity contribution in [2.75, 3.05) is 0 Å². The molecule has 12 aromatic carbocycles. The van der Waals surface area contributed by atoms with Crippen LogP contribution in [0.25, 0.3) is 121 Å². The van der Waals surface area contributed by atoms with Gasteiger partial charge in [-0.15, -0.1) is 0 Å². The average molecular weight is 811 g/mol. The molecule has 0 unspecified atom stereocenters. The molecule has 0 aliphatic heterocycles. The Hall–Kier alpha value is -8.32. The minimum Gasteiger partial charge on any atom is -0.0622 e. The van der Waals surface area contributed by atoms with Crippen LogP contribution < -0.4 is 0 Å². The van der Waals surface area contributed by atoms with Crippen molar-refractivity contribution >= 4 is 43.1 Å². The first-order valence-electron chi connectivity index (χ1n) is 22.2. The number of hydrogen-bond acceptors (Lipinski definition) is 0.